The van der Waals surface area contributed by atoms with Crippen molar-refractivity contribution in [1.29, 1.82) is 0 Å². The molecular formula is C37H62O6Si. The van der Waals surface area contributed by atoms with E-state index in [0.29, 0.717) is 18.3 Å². The Kier molecular flexibility index (Phi) is 8.75. The molecule has 0 amide bonds. The quantitative estimate of drug-likeness (QED) is 0.206. The summed E-state index contributed by atoms with van der Waals surface area (Å²) >= 11 is 0. The van der Waals surface area contributed by atoms with E-state index in [1.807, 2.05) is 19.1 Å². The average molecular weight is 631 g/mol. The highest BCUT2D eigenvalue weighted by Crippen LogP contribution is 2.80. The van der Waals surface area contributed by atoms with Crippen molar-refractivity contribution in [3.8, 4) is 11.5 Å². The van der Waals surface area contributed by atoms with Crippen LogP contribution in [0.4, 0.5) is 0 Å². The Morgan fingerprint density at radius 1 is 0.886 bits per heavy atom. The minimum atomic E-state index is -1.89. The first-order valence-electron chi connectivity index (χ1n) is 17.1. The van der Waals surface area contributed by atoms with E-state index in [1.54, 1.807) is 14.2 Å². The molecule has 0 spiro atoms. The van der Waals surface area contributed by atoms with Crippen LogP contribution >= 0.6 is 0 Å². The van der Waals surface area contributed by atoms with Crippen molar-refractivity contribution in [3.63, 3.8) is 0 Å². The van der Waals surface area contributed by atoms with Crippen LogP contribution in [-0.2, 0) is 20.3 Å². The highest BCUT2D eigenvalue weighted by Gasteiger charge is 2.78. The van der Waals surface area contributed by atoms with Crippen molar-refractivity contribution >= 4 is 8.32 Å². The summed E-state index contributed by atoms with van der Waals surface area (Å²) in [4.78, 5) is 0. The smallest absolute Gasteiger partial charge is 0.192 e. The van der Waals surface area contributed by atoms with E-state index in [-0.39, 0.29) is 46.4 Å². The van der Waals surface area contributed by atoms with E-state index < -0.39 is 13.9 Å². The molecule has 1 aromatic carbocycles. The zero-order valence-corrected chi connectivity index (χ0v) is 30.9. The molecule has 0 bridgehead atoms. The van der Waals surface area contributed by atoms with Gasteiger partial charge < -0.3 is 28.5 Å². The van der Waals surface area contributed by atoms with Gasteiger partial charge in [0.25, 0.3) is 0 Å². The van der Waals surface area contributed by atoms with Crippen LogP contribution in [0.25, 0.3) is 0 Å². The Hall–Kier alpha value is -1.12. The summed E-state index contributed by atoms with van der Waals surface area (Å²) in [6.45, 7) is 24.2. The van der Waals surface area contributed by atoms with E-state index >= 15 is 0 Å². The second-order valence-electron chi connectivity index (χ2n) is 17.4. The molecular weight excluding hydrogens is 568 g/mol. The van der Waals surface area contributed by atoms with Gasteiger partial charge in [0.2, 0.25) is 0 Å². The predicted octanol–water partition coefficient (Wildman–Crippen LogP) is 8.67. The number of hydrogen-bond donors (Lipinski definition) is 1. The second kappa shape index (κ2) is 11.2. The fourth-order valence-corrected chi connectivity index (χ4v) is 12.2. The van der Waals surface area contributed by atoms with Crippen LogP contribution < -0.4 is 9.47 Å². The van der Waals surface area contributed by atoms with Gasteiger partial charge in [0.05, 0.1) is 11.2 Å². The molecule has 8 atom stereocenters. The highest BCUT2D eigenvalue weighted by atomic mass is 28.4. The third-order valence-electron chi connectivity index (χ3n) is 14.1. The molecule has 1 aromatic rings. The molecule has 5 rings (SSSR count). The number of rotatable bonds is 10. The zero-order valence-electron chi connectivity index (χ0n) is 29.9. The Labute approximate surface area is 269 Å². The molecule has 0 aromatic heterocycles. The first-order chi connectivity index (χ1) is 20.3. The van der Waals surface area contributed by atoms with Crippen LogP contribution in [-0.4, -0.2) is 52.4 Å². The maximum absolute atomic E-state index is 13.1. The van der Waals surface area contributed by atoms with Gasteiger partial charge in [-0.3, -0.25) is 0 Å². The monoisotopic (exact) mass is 630 g/mol. The van der Waals surface area contributed by atoms with Crippen LogP contribution in [0.5, 0.6) is 11.5 Å². The van der Waals surface area contributed by atoms with Gasteiger partial charge in [-0.1, -0.05) is 48.5 Å². The summed E-state index contributed by atoms with van der Waals surface area (Å²) in [6.07, 6.45) is 8.48. The Balaban J connectivity index is 1.48. The van der Waals surface area contributed by atoms with E-state index in [4.69, 9.17) is 23.4 Å². The molecule has 0 radical (unpaired) electrons. The number of benzene rings is 1. The third-order valence-corrected chi connectivity index (χ3v) is 18.6. The minimum absolute atomic E-state index is 0.0416. The van der Waals surface area contributed by atoms with E-state index in [1.165, 1.54) is 19.3 Å². The van der Waals surface area contributed by atoms with Gasteiger partial charge in [-0.05, 0) is 111 Å². The number of aliphatic hydroxyl groups is 1. The maximum Gasteiger partial charge on any atom is 0.192 e. The molecule has 6 nitrogen and oxygen atoms in total. The molecule has 4 saturated carbocycles. The van der Waals surface area contributed by atoms with Gasteiger partial charge in [0, 0.05) is 37.0 Å². The highest BCUT2D eigenvalue weighted by molar-refractivity contribution is 6.74. The van der Waals surface area contributed by atoms with Gasteiger partial charge in [0.1, 0.15) is 11.5 Å². The van der Waals surface area contributed by atoms with Crippen molar-refractivity contribution in [2.45, 2.75) is 136 Å². The summed E-state index contributed by atoms with van der Waals surface area (Å²) in [6, 6.07) is 4.02. The van der Waals surface area contributed by atoms with Crippen molar-refractivity contribution in [2.24, 2.45) is 34.0 Å². The first-order valence-corrected chi connectivity index (χ1v) is 20.0. The molecule has 4 fully saturated rings. The Bertz CT molecular complexity index is 1230. The molecule has 0 heterocycles. The summed E-state index contributed by atoms with van der Waals surface area (Å²) in [5.74, 6) is 2.77. The van der Waals surface area contributed by atoms with Crippen LogP contribution in [0.1, 0.15) is 105 Å². The van der Waals surface area contributed by atoms with Gasteiger partial charge >= 0.3 is 0 Å². The summed E-state index contributed by atoms with van der Waals surface area (Å²) in [5.41, 5.74) is 1.32. The lowest BCUT2D eigenvalue weighted by atomic mass is 9.38. The molecule has 1 N–H and O–H groups in total. The molecule has 7 heteroatoms. The Morgan fingerprint density at radius 3 is 2.16 bits per heavy atom. The van der Waals surface area contributed by atoms with Gasteiger partial charge in [-0.15, -0.1) is 0 Å². The predicted molar refractivity (Wildman–Crippen MR) is 179 cm³/mol. The lowest BCUT2D eigenvalue weighted by Crippen LogP contribution is -2.67. The van der Waals surface area contributed by atoms with Crippen LogP contribution in [0.15, 0.2) is 12.1 Å². The first kappa shape index (κ1) is 34.2. The van der Waals surface area contributed by atoms with E-state index in [9.17, 15) is 5.11 Å². The van der Waals surface area contributed by atoms with Crippen molar-refractivity contribution in [1.82, 2.24) is 0 Å². The van der Waals surface area contributed by atoms with Gasteiger partial charge in [-0.25, -0.2) is 0 Å². The van der Waals surface area contributed by atoms with E-state index in [0.717, 1.165) is 48.3 Å². The maximum atomic E-state index is 13.1. The molecule has 0 unspecified atom stereocenters. The van der Waals surface area contributed by atoms with Crippen molar-refractivity contribution in [3.05, 3.63) is 23.3 Å². The topological polar surface area (TPSA) is 66.4 Å². The summed E-state index contributed by atoms with van der Waals surface area (Å²) < 4.78 is 29.9. The molecule has 250 valence electrons. The number of hydrogen-bond acceptors (Lipinski definition) is 6. The van der Waals surface area contributed by atoms with Crippen LogP contribution in [0, 0.1) is 40.9 Å². The molecule has 4 aliphatic rings. The average Bonchev–Trinajstić information content (AvgIpc) is 3.52. The standard InChI is InChI=1S/C37H62O6Si/c1-25-19-28(41-23-39-9)20-27(31(25)42-24-40-10)21-37(38)26(2)13-14-29-33(6)17-18-36(43-44(11,12)32(3,4)5)22-35(36,8)30(33)15-16-34(29,37)7/h19-20,26,29-30,38H,13-18,21-24H2,1-12H3/t26-,29+,30+,33+,34+,35-,36+,37-/m0/s1. The normalized spacial score (nSPS) is 40.1. The largest absolute Gasteiger partial charge is 0.468 e. The summed E-state index contributed by atoms with van der Waals surface area (Å²) in [5, 5.41) is 13.3. The number of fused-ring (bicyclic) bond motifs is 5. The Morgan fingerprint density at radius 2 is 1.52 bits per heavy atom. The third kappa shape index (κ3) is 5.10. The molecule has 4 aliphatic carbocycles. The number of methoxy groups -OCH3 is 2. The van der Waals surface area contributed by atoms with Crippen molar-refractivity contribution < 1.29 is 28.5 Å². The fourth-order valence-electron chi connectivity index (χ4n) is 10.5. The molecule has 0 saturated heterocycles. The van der Waals surface area contributed by atoms with Crippen molar-refractivity contribution in [2.75, 3.05) is 27.8 Å². The number of ether oxygens (including phenoxy) is 4. The minimum Gasteiger partial charge on any atom is -0.468 e. The molecule has 44 heavy (non-hydrogen) atoms. The lowest BCUT2D eigenvalue weighted by Gasteiger charge is -2.68. The van der Waals surface area contributed by atoms with Crippen LogP contribution in [0.2, 0.25) is 18.1 Å². The van der Waals surface area contributed by atoms with Gasteiger partial charge in [0.15, 0.2) is 21.9 Å². The fraction of sp³-hybridized carbons (Fsp3) is 0.838. The SMILES string of the molecule is COCOc1cc(C)c(OCOC)c(C[C@]2(O)[C@@H](C)CC[C@@H]3[C@@]4(C)CC[C@@]5(O[Si](C)(C)C(C)(C)C)C[C@@]5(C)[C@@H]4CC[C@]32C)c1. The molecule has 0 aliphatic heterocycles. The number of aryl methyl sites for hydroxylation is 1. The lowest BCUT2D eigenvalue weighted by molar-refractivity contribution is -0.240. The van der Waals surface area contributed by atoms with Gasteiger partial charge in [-0.2, -0.15) is 0 Å². The summed E-state index contributed by atoms with van der Waals surface area (Å²) in [7, 11) is 1.38. The second-order valence-corrected chi connectivity index (χ2v) is 22.2. The van der Waals surface area contributed by atoms with Crippen LogP contribution in [0.3, 0.4) is 0 Å². The van der Waals surface area contributed by atoms with E-state index in [2.05, 4.69) is 61.6 Å². The zero-order chi connectivity index (χ0) is 32.6.